The molecule has 162 valence electrons. The zero-order valence-electron chi connectivity index (χ0n) is 16.5. The molecule has 0 aliphatic heterocycles. The molecule has 0 saturated heterocycles. The minimum Gasteiger partial charge on any atom is -0.406 e. The van der Waals surface area contributed by atoms with Crippen LogP contribution < -0.4 is 15.4 Å². The van der Waals surface area contributed by atoms with Gasteiger partial charge in [0.1, 0.15) is 23.2 Å². The molecule has 1 aromatic heterocycles. The van der Waals surface area contributed by atoms with E-state index in [-0.39, 0.29) is 18.6 Å². The Balaban J connectivity index is 0.00000341. The van der Waals surface area contributed by atoms with Gasteiger partial charge in [0.15, 0.2) is 0 Å². The summed E-state index contributed by atoms with van der Waals surface area (Å²) in [5.41, 5.74) is 0.792. The van der Waals surface area contributed by atoms with Crippen LogP contribution in [0.2, 0.25) is 0 Å². The van der Waals surface area contributed by atoms with Crippen molar-refractivity contribution < 1.29 is 24.4 Å². The standard InChI is InChI=1S/C20H22F3N5O2.H2/c1-19(2)15(9-16(19)29)27-17-13(10-24)11-26-18(28-17)25-8-7-12-3-5-14(6-4-12)30-20(21,22)23;/h3-6,11,15-16,29H,7-9H2,1-2H3,(H2,25,26,27,28);1H/t15-,16+;/m1./s1. The highest BCUT2D eigenvalue weighted by atomic mass is 19.4. The molecule has 1 heterocycles. The third kappa shape index (κ3) is 5.10. The Kier molecular flexibility index (Phi) is 6.03. The van der Waals surface area contributed by atoms with Crippen LogP contribution in [0.1, 0.15) is 32.8 Å². The van der Waals surface area contributed by atoms with E-state index in [1.807, 2.05) is 19.9 Å². The summed E-state index contributed by atoms with van der Waals surface area (Å²) in [6.07, 6.45) is -2.61. The fourth-order valence-corrected chi connectivity index (χ4v) is 3.15. The van der Waals surface area contributed by atoms with Gasteiger partial charge in [0.05, 0.1) is 12.3 Å². The summed E-state index contributed by atoms with van der Waals surface area (Å²) in [6, 6.07) is 7.67. The van der Waals surface area contributed by atoms with Crippen LogP contribution in [0.15, 0.2) is 30.5 Å². The number of rotatable bonds is 7. The fourth-order valence-electron chi connectivity index (χ4n) is 3.15. The first kappa shape index (κ1) is 21.6. The molecular weight excluding hydrogens is 399 g/mol. The lowest BCUT2D eigenvalue weighted by Gasteiger charge is -2.49. The van der Waals surface area contributed by atoms with Crippen LogP contribution in [0.4, 0.5) is 24.9 Å². The van der Waals surface area contributed by atoms with E-state index in [9.17, 15) is 23.5 Å². The highest BCUT2D eigenvalue weighted by Crippen LogP contribution is 2.42. The van der Waals surface area contributed by atoms with Crippen molar-refractivity contribution in [3.8, 4) is 11.8 Å². The van der Waals surface area contributed by atoms with Gasteiger partial charge in [-0.25, -0.2) is 4.98 Å². The smallest absolute Gasteiger partial charge is 0.406 e. The molecule has 0 bridgehead atoms. The lowest BCUT2D eigenvalue weighted by atomic mass is 9.64. The summed E-state index contributed by atoms with van der Waals surface area (Å²) in [5.74, 6) is 0.453. The molecule has 1 aliphatic rings. The van der Waals surface area contributed by atoms with Crippen molar-refractivity contribution >= 4 is 11.8 Å². The number of alkyl halides is 3. The number of ether oxygens (including phenoxy) is 1. The molecule has 1 saturated carbocycles. The number of aromatic nitrogens is 2. The summed E-state index contributed by atoms with van der Waals surface area (Å²) in [6.45, 7) is 4.32. The van der Waals surface area contributed by atoms with E-state index in [1.54, 1.807) is 12.1 Å². The summed E-state index contributed by atoms with van der Waals surface area (Å²) < 4.78 is 40.5. The average Bonchev–Trinajstić information content (AvgIpc) is 2.68. The Morgan fingerprint density at radius 1 is 1.33 bits per heavy atom. The lowest BCUT2D eigenvalue weighted by Crippen LogP contribution is -2.57. The maximum absolute atomic E-state index is 12.2. The number of hydrogen-bond donors (Lipinski definition) is 3. The van der Waals surface area contributed by atoms with Gasteiger partial charge in [-0.2, -0.15) is 10.2 Å². The first-order valence-electron chi connectivity index (χ1n) is 9.39. The van der Waals surface area contributed by atoms with Crippen LogP contribution >= 0.6 is 0 Å². The molecule has 0 amide bonds. The molecule has 1 fully saturated rings. The van der Waals surface area contributed by atoms with Crippen molar-refractivity contribution in [2.24, 2.45) is 5.41 Å². The molecule has 10 heteroatoms. The molecule has 1 aromatic carbocycles. The third-order valence-corrected chi connectivity index (χ3v) is 5.29. The Hall–Kier alpha value is -3.06. The summed E-state index contributed by atoms with van der Waals surface area (Å²) in [5, 5.41) is 25.4. The van der Waals surface area contributed by atoms with Gasteiger partial charge in [0, 0.05) is 19.4 Å². The van der Waals surface area contributed by atoms with Gasteiger partial charge in [0.25, 0.3) is 0 Å². The van der Waals surface area contributed by atoms with Gasteiger partial charge >= 0.3 is 6.36 Å². The Bertz CT molecular complexity index is 932. The average molecular weight is 423 g/mol. The third-order valence-electron chi connectivity index (χ3n) is 5.29. The number of nitrogens with one attached hydrogen (secondary N) is 2. The first-order valence-corrected chi connectivity index (χ1v) is 9.39. The summed E-state index contributed by atoms with van der Waals surface area (Å²) in [4.78, 5) is 8.48. The number of benzene rings is 1. The predicted molar refractivity (Wildman–Crippen MR) is 106 cm³/mol. The molecule has 1 aliphatic carbocycles. The number of aliphatic hydroxyl groups is 1. The molecule has 7 nitrogen and oxygen atoms in total. The number of aliphatic hydroxyl groups excluding tert-OH is 1. The maximum atomic E-state index is 12.2. The minimum absolute atomic E-state index is 0. The van der Waals surface area contributed by atoms with Gasteiger partial charge in [-0.1, -0.05) is 26.0 Å². The van der Waals surface area contributed by atoms with Crippen LogP contribution in [0.3, 0.4) is 0 Å². The number of hydrogen-bond acceptors (Lipinski definition) is 7. The summed E-state index contributed by atoms with van der Waals surface area (Å²) in [7, 11) is 0. The molecule has 0 spiro atoms. The zero-order chi connectivity index (χ0) is 21.9. The number of anilines is 2. The largest absolute Gasteiger partial charge is 0.573 e. The van der Waals surface area contributed by atoms with Crippen molar-refractivity contribution in [3.05, 3.63) is 41.6 Å². The van der Waals surface area contributed by atoms with Crippen molar-refractivity contribution in [3.63, 3.8) is 0 Å². The van der Waals surface area contributed by atoms with Crippen molar-refractivity contribution in [1.29, 1.82) is 5.26 Å². The lowest BCUT2D eigenvalue weighted by molar-refractivity contribution is -0.274. The normalized spacial score (nSPS) is 20.0. The van der Waals surface area contributed by atoms with E-state index in [4.69, 9.17) is 0 Å². The van der Waals surface area contributed by atoms with Crippen molar-refractivity contribution in [1.82, 2.24) is 9.97 Å². The van der Waals surface area contributed by atoms with E-state index in [2.05, 4.69) is 25.3 Å². The van der Waals surface area contributed by atoms with E-state index in [0.29, 0.717) is 36.7 Å². The highest BCUT2D eigenvalue weighted by Gasteiger charge is 2.47. The second kappa shape index (κ2) is 8.36. The minimum atomic E-state index is -4.71. The molecule has 30 heavy (non-hydrogen) atoms. The van der Waals surface area contributed by atoms with Crippen LogP contribution in [0.5, 0.6) is 5.75 Å². The van der Waals surface area contributed by atoms with Gasteiger partial charge in [-0.05, 0) is 30.5 Å². The van der Waals surface area contributed by atoms with Gasteiger partial charge < -0.3 is 20.5 Å². The number of nitrogens with zero attached hydrogens (tertiary/aromatic N) is 3. The van der Waals surface area contributed by atoms with Gasteiger partial charge in [0.2, 0.25) is 5.95 Å². The topological polar surface area (TPSA) is 103 Å². The monoisotopic (exact) mass is 423 g/mol. The second-order valence-electron chi connectivity index (χ2n) is 7.71. The Morgan fingerprint density at radius 3 is 2.60 bits per heavy atom. The van der Waals surface area contributed by atoms with E-state index in [0.717, 1.165) is 5.56 Å². The number of halogens is 3. The second-order valence-corrected chi connectivity index (χ2v) is 7.71. The van der Waals surface area contributed by atoms with Crippen LogP contribution in [0.25, 0.3) is 0 Å². The maximum Gasteiger partial charge on any atom is 0.573 e. The van der Waals surface area contributed by atoms with E-state index >= 15 is 0 Å². The van der Waals surface area contributed by atoms with Gasteiger partial charge in [-0.3, -0.25) is 0 Å². The molecule has 0 unspecified atom stereocenters. The van der Waals surface area contributed by atoms with E-state index < -0.39 is 12.5 Å². The molecule has 3 N–H and O–H groups in total. The zero-order valence-corrected chi connectivity index (χ0v) is 16.5. The van der Waals surface area contributed by atoms with Crippen LogP contribution in [0, 0.1) is 16.7 Å². The predicted octanol–water partition coefficient (Wildman–Crippen LogP) is 3.72. The van der Waals surface area contributed by atoms with E-state index in [1.165, 1.54) is 18.3 Å². The SMILES string of the molecule is CC1(C)[C@@H](O)C[C@H]1Nc1nc(NCCc2ccc(OC(F)(F)F)cc2)ncc1C#N.[HH]. The molecule has 3 rings (SSSR count). The molecular formula is C20H24F3N5O2. The molecule has 2 aromatic rings. The van der Waals surface area contributed by atoms with Crippen LogP contribution in [-0.2, 0) is 6.42 Å². The Morgan fingerprint density at radius 2 is 2.03 bits per heavy atom. The summed E-state index contributed by atoms with van der Waals surface area (Å²) >= 11 is 0. The fraction of sp³-hybridized carbons (Fsp3) is 0.450. The Labute approximate surface area is 173 Å². The van der Waals surface area contributed by atoms with Crippen molar-refractivity contribution in [2.45, 2.75) is 45.2 Å². The quantitative estimate of drug-likeness (QED) is 0.624. The first-order chi connectivity index (χ1) is 14.1. The highest BCUT2D eigenvalue weighted by molar-refractivity contribution is 5.54. The molecule has 2 atom stereocenters. The van der Waals surface area contributed by atoms with Crippen LogP contribution in [-0.4, -0.2) is 40.1 Å². The van der Waals surface area contributed by atoms with Crippen molar-refractivity contribution in [2.75, 3.05) is 17.2 Å². The number of nitriles is 1. The molecule has 0 radical (unpaired) electrons. The van der Waals surface area contributed by atoms with Gasteiger partial charge in [-0.15, -0.1) is 13.2 Å².